The first-order valence-corrected chi connectivity index (χ1v) is 9.95. The lowest BCUT2D eigenvalue weighted by Gasteiger charge is -2.04. The van der Waals surface area contributed by atoms with Gasteiger partial charge in [0.2, 0.25) is 0 Å². The van der Waals surface area contributed by atoms with E-state index in [0.29, 0.717) is 0 Å². The van der Waals surface area contributed by atoms with Gasteiger partial charge in [-0.3, -0.25) is 10.8 Å². The molecule has 7 N–H and O–H groups in total. The molecular weight excluding hydrogens is 382 g/mol. The first-order chi connectivity index (χ1) is 15.0. The third-order valence-electron chi connectivity index (χ3n) is 5.66. The fourth-order valence-corrected chi connectivity index (χ4v) is 3.95. The number of nitrogens with two attached hydrogens (primary N) is 2. The molecule has 5 nitrogen and oxygen atoms in total. The molecule has 0 unspecified atom stereocenters. The van der Waals surface area contributed by atoms with Crippen molar-refractivity contribution >= 4 is 33.5 Å². The molecule has 0 aliphatic heterocycles. The summed E-state index contributed by atoms with van der Waals surface area (Å²) in [6.45, 7) is 0. The zero-order valence-electron chi connectivity index (χ0n) is 16.7. The molecule has 0 spiro atoms. The van der Waals surface area contributed by atoms with E-state index in [1.165, 1.54) is 10.8 Å². The van der Waals surface area contributed by atoms with Gasteiger partial charge in [0, 0.05) is 32.9 Å². The van der Waals surface area contributed by atoms with Crippen LogP contribution in [0.4, 0.5) is 0 Å². The van der Waals surface area contributed by atoms with Gasteiger partial charge in [0.25, 0.3) is 0 Å². The Bertz CT molecular complexity index is 1350. The highest BCUT2D eigenvalue weighted by Crippen LogP contribution is 2.32. The molecule has 5 heteroatoms. The Morgan fingerprint density at radius 1 is 0.516 bits per heavy atom. The number of aromatic nitrogens is 1. The molecule has 1 aromatic heterocycles. The molecule has 31 heavy (non-hydrogen) atoms. The molecule has 5 rings (SSSR count). The van der Waals surface area contributed by atoms with E-state index in [4.69, 9.17) is 22.3 Å². The predicted octanol–water partition coefficient (Wildman–Crippen LogP) is 5.22. The second kappa shape index (κ2) is 7.15. The van der Waals surface area contributed by atoms with Crippen molar-refractivity contribution < 1.29 is 0 Å². The third kappa shape index (κ3) is 3.32. The molecule has 0 aliphatic carbocycles. The van der Waals surface area contributed by atoms with Crippen molar-refractivity contribution in [3.8, 4) is 22.3 Å². The number of H-pyrrole nitrogens is 1. The second-order valence-corrected chi connectivity index (χ2v) is 7.63. The quantitative estimate of drug-likeness (QED) is 0.209. The van der Waals surface area contributed by atoms with Crippen molar-refractivity contribution in [1.29, 1.82) is 10.8 Å². The highest BCUT2D eigenvalue weighted by Gasteiger charge is 2.09. The maximum absolute atomic E-state index is 7.55. The van der Waals surface area contributed by atoms with Gasteiger partial charge in [-0.05, 0) is 34.4 Å². The van der Waals surface area contributed by atoms with E-state index in [1.54, 1.807) is 0 Å². The summed E-state index contributed by atoms with van der Waals surface area (Å²) in [7, 11) is 0. The van der Waals surface area contributed by atoms with Crippen LogP contribution in [0.25, 0.3) is 44.1 Å². The van der Waals surface area contributed by atoms with Crippen molar-refractivity contribution in [2.75, 3.05) is 0 Å². The van der Waals surface area contributed by atoms with Gasteiger partial charge in [-0.15, -0.1) is 0 Å². The molecule has 0 bridgehead atoms. The van der Waals surface area contributed by atoms with Crippen molar-refractivity contribution in [3.05, 3.63) is 96.1 Å². The molecule has 0 aliphatic rings. The van der Waals surface area contributed by atoms with Crippen molar-refractivity contribution in [3.63, 3.8) is 0 Å². The summed E-state index contributed by atoms with van der Waals surface area (Å²) in [6.07, 6.45) is 0. The minimum absolute atomic E-state index is 0.0735. The Labute approximate surface area is 179 Å². The third-order valence-corrected chi connectivity index (χ3v) is 5.66. The average Bonchev–Trinajstić information content (AvgIpc) is 3.16. The zero-order valence-corrected chi connectivity index (χ0v) is 16.7. The van der Waals surface area contributed by atoms with Crippen molar-refractivity contribution in [2.45, 2.75) is 0 Å². The molecule has 4 aromatic carbocycles. The summed E-state index contributed by atoms with van der Waals surface area (Å²) in [5.74, 6) is 0.147. The van der Waals surface area contributed by atoms with Crippen LogP contribution in [0, 0.1) is 10.8 Å². The molecule has 0 amide bonds. The first-order valence-electron chi connectivity index (χ1n) is 9.95. The van der Waals surface area contributed by atoms with E-state index in [2.05, 4.69) is 41.4 Å². The van der Waals surface area contributed by atoms with E-state index in [9.17, 15) is 0 Å². The molecule has 0 fully saturated rings. The van der Waals surface area contributed by atoms with Gasteiger partial charge < -0.3 is 16.5 Å². The van der Waals surface area contributed by atoms with Crippen LogP contribution in [0.5, 0.6) is 0 Å². The van der Waals surface area contributed by atoms with E-state index in [1.807, 2.05) is 48.5 Å². The Kier molecular flexibility index (Phi) is 4.30. The number of amidine groups is 2. The fraction of sp³-hybridized carbons (Fsp3) is 0. The van der Waals surface area contributed by atoms with Gasteiger partial charge in [0.1, 0.15) is 11.7 Å². The highest BCUT2D eigenvalue weighted by molar-refractivity contribution is 6.09. The number of aromatic amines is 1. The SMILES string of the molecule is N=C(N)c1ccc(-c2ccc3c(c2)[nH]c2cc(-c4ccc(C(=N)N)cc4)ccc23)cc1. The van der Waals surface area contributed by atoms with Crippen LogP contribution in [0.15, 0.2) is 84.9 Å². The molecule has 0 radical (unpaired) electrons. The number of hydrogen-bond acceptors (Lipinski definition) is 2. The number of nitrogen functional groups attached to an aromatic ring is 2. The van der Waals surface area contributed by atoms with Crippen LogP contribution in [0.2, 0.25) is 0 Å². The van der Waals surface area contributed by atoms with E-state index >= 15 is 0 Å². The monoisotopic (exact) mass is 403 g/mol. The number of nitrogens with one attached hydrogen (secondary N) is 3. The second-order valence-electron chi connectivity index (χ2n) is 7.63. The summed E-state index contributed by atoms with van der Waals surface area (Å²) < 4.78 is 0. The van der Waals surface area contributed by atoms with Gasteiger partial charge >= 0.3 is 0 Å². The molecule has 0 saturated heterocycles. The lowest BCUT2D eigenvalue weighted by molar-refractivity contribution is 1.42. The molecule has 1 heterocycles. The maximum atomic E-state index is 7.55. The first kappa shape index (κ1) is 18.6. The smallest absolute Gasteiger partial charge is 0.122 e. The van der Waals surface area contributed by atoms with Crippen LogP contribution < -0.4 is 11.5 Å². The Morgan fingerprint density at radius 3 is 1.23 bits per heavy atom. The van der Waals surface area contributed by atoms with Gasteiger partial charge in [0.15, 0.2) is 0 Å². The van der Waals surface area contributed by atoms with Crippen LogP contribution in [0.1, 0.15) is 11.1 Å². The van der Waals surface area contributed by atoms with E-state index in [-0.39, 0.29) is 11.7 Å². The molecular formula is C26H21N5. The predicted molar refractivity (Wildman–Crippen MR) is 129 cm³/mol. The summed E-state index contributed by atoms with van der Waals surface area (Å²) in [4.78, 5) is 3.55. The van der Waals surface area contributed by atoms with Crippen LogP contribution in [-0.2, 0) is 0 Å². The van der Waals surface area contributed by atoms with Gasteiger partial charge in [-0.2, -0.15) is 0 Å². The minimum Gasteiger partial charge on any atom is -0.384 e. The van der Waals surface area contributed by atoms with Gasteiger partial charge in [-0.25, -0.2) is 0 Å². The number of hydrogen-bond donors (Lipinski definition) is 5. The fourth-order valence-electron chi connectivity index (χ4n) is 3.95. The van der Waals surface area contributed by atoms with Crippen LogP contribution in [-0.4, -0.2) is 16.7 Å². The largest absolute Gasteiger partial charge is 0.384 e. The summed E-state index contributed by atoms with van der Waals surface area (Å²) in [5.41, 5.74) is 19.1. The maximum Gasteiger partial charge on any atom is 0.122 e. The average molecular weight is 403 g/mol. The van der Waals surface area contributed by atoms with Crippen molar-refractivity contribution in [1.82, 2.24) is 4.98 Å². The Balaban J connectivity index is 1.54. The van der Waals surface area contributed by atoms with E-state index in [0.717, 1.165) is 44.4 Å². The summed E-state index contributed by atoms with van der Waals surface area (Å²) in [5, 5.41) is 17.4. The molecule has 5 aromatic rings. The Hall–Kier alpha value is -4.38. The topological polar surface area (TPSA) is 116 Å². The summed E-state index contributed by atoms with van der Waals surface area (Å²) >= 11 is 0. The van der Waals surface area contributed by atoms with Crippen LogP contribution in [0.3, 0.4) is 0 Å². The standard InChI is InChI=1S/C26H21N5/c27-25(28)17-5-1-15(2-6-17)19-9-11-21-22-12-10-20(14-24(22)31-23(21)13-19)16-3-7-18(8-4-16)26(29)30/h1-14,31H,(H3,27,28)(H3,29,30). The zero-order chi connectivity index (χ0) is 21.5. The highest BCUT2D eigenvalue weighted by atomic mass is 14.7. The van der Waals surface area contributed by atoms with Gasteiger partial charge in [0.05, 0.1) is 0 Å². The normalized spacial score (nSPS) is 11.1. The van der Waals surface area contributed by atoms with Crippen molar-refractivity contribution in [2.24, 2.45) is 11.5 Å². The van der Waals surface area contributed by atoms with Gasteiger partial charge in [-0.1, -0.05) is 72.8 Å². The van der Waals surface area contributed by atoms with Crippen LogP contribution >= 0.6 is 0 Å². The number of rotatable bonds is 4. The Morgan fingerprint density at radius 2 is 0.871 bits per heavy atom. The minimum atomic E-state index is 0.0735. The molecule has 150 valence electrons. The lowest BCUT2D eigenvalue weighted by atomic mass is 10.0. The number of benzene rings is 4. The number of fused-ring (bicyclic) bond motifs is 3. The van der Waals surface area contributed by atoms with E-state index < -0.39 is 0 Å². The lowest BCUT2D eigenvalue weighted by Crippen LogP contribution is -2.10. The summed E-state index contributed by atoms with van der Waals surface area (Å²) in [6, 6.07) is 28.3. The molecule has 0 saturated carbocycles. The molecule has 0 atom stereocenters.